The molecule has 36 heavy (non-hydrogen) atoms. The number of benzene rings is 1. The standard InChI is InChI=1S/C29H45ClN4O2/c1-21(2)27(35)33-29(23-7-4-3-5-8-23)14-17-34(18-15-29)28(36)26(32-20-25-9-6-16-31-25)19-22-10-12-24(30)13-11-22/h10-13,21,23,25-26,31-32H,3-9,14-20H2,1-2H3,(H,33,35)/t25-,26-/m1/s1. The molecule has 3 aliphatic rings. The smallest absolute Gasteiger partial charge is 0.240 e. The molecule has 1 aliphatic carbocycles. The maximum atomic E-state index is 13.8. The number of rotatable bonds is 9. The number of nitrogens with zero attached hydrogens (tertiary/aromatic N) is 1. The van der Waals surface area contributed by atoms with Gasteiger partial charge in [-0.2, -0.15) is 0 Å². The zero-order valence-electron chi connectivity index (χ0n) is 22.2. The largest absolute Gasteiger partial charge is 0.350 e. The van der Waals surface area contributed by atoms with Gasteiger partial charge in [-0.3, -0.25) is 9.59 Å². The average molecular weight is 517 g/mol. The monoisotopic (exact) mass is 516 g/mol. The van der Waals surface area contributed by atoms with Gasteiger partial charge < -0.3 is 20.9 Å². The summed E-state index contributed by atoms with van der Waals surface area (Å²) in [5.74, 6) is 0.812. The summed E-state index contributed by atoms with van der Waals surface area (Å²) in [7, 11) is 0. The van der Waals surface area contributed by atoms with Crippen molar-refractivity contribution in [2.75, 3.05) is 26.2 Å². The molecule has 0 spiro atoms. The molecule has 4 rings (SSSR count). The Hall–Kier alpha value is -1.63. The SMILES string of the molecule is CC(C)C(=O)NC1(C2CCCCC2)CCN(C(=O)[C@@H](Cc2ccc(Cl)cc2)NC[C@H]2CCCN2)CC1. The van der Waals surface area contributed by atoms with Gasteiger partial charge in [-0.25, -0.2) is 0 Å². The lowest BCUT2D eigenvalue weighted by atomic mass is 9.69. The molecule has 2 amide bonds. The first kappa shape index (κ1) is 27.4. The summed E-state index contributed by atoms with van der Waals surface area (Å²) < 4.78 is 0. The van der Waals surface area contributed by atoms with Gasteiger partial charge in [0, 0.05) is 42.2 Å². The quantitative estimate of drug-likeness (QED) is 0.457. The number of likely N-dealkylation sites (tertiary alicyclic amines) is 1. The van der Waals surface area contributed by atoms with Crippen LogP contribution in [0.3, 0.4) is 0 Å². The molecule has 6 nitrogen and oxygen atoms in total. The second kappa shape index (κ2) is 12.7. The number of carbonyl (C=O) groups is 2. The highest BCUT2D eigenvalue weighted by Crippen LogP contribution is 2.39. The molecule has 0 unspecified atom stereocenters. The third-order valence-electron chi connectivity index (χ3n) is 8.67. The summed E-state index contributed by atoms with van der Waals surface area (Å²) >= 11 is 6.10. The molecular weight excluding hydrogens is 472 g/mol. The van der Waals surface area contributed by atoms with Crippen LogP contribution in [0.2, 0.25) is 5.02 Å². The Morgan fingerprint density at radius 3 is 2.36 bits per heavy atom. The average Bonchev–Trinajstić information content (AvgIpc) is 3.42. The van der Waals surface area contributed by atoms with Gasteiger partial charge in [0.1, 0.15) is 0 Å². The molecule has 0 radical (unpaired) electrons. The first-order valence-electron chi connectivity index (χ1n) is 14.2. The highest BCUT2D eigenvalue weighted by atomic mass is 35.5. The molecule has 7 heteroatoms. The lowest BCUT2D eigenvalue weighted by molar-refractivity contribution is -0.136. The van der Waals surface area contributed by atoms with Crippen molar-refractivity contribution >= 4 is 23.4 Å². The summed E-state index contributed by atoms with van der Waals surface area (Å²) in [4.78, 5) is 28.7. The minimum atomic E-state index is -0.263. The summed E-state index contributed by atoms with van der Waals surface area (Å²) in [6, 6.07) is 7.99. The first-order chi connectivity index (χ1) is 17.4. The van der Waals surface area contributed by atoms with Crippen LogP contribution >= 0.6 is 11.6 Å². The lowest BCUT2D eigenvalue weighted by Gasteiger charge is -2.49. The Balaban J connectivity index is 1.44. The van der Waals surface area contributed by atoms with Crippen molar-refractivity contribution in [3.63, 3.8) is 0 Å². The van der Waals surface area contributed by atoms with Crippen LogP contribution in [0.1, 0.15) is 77.2 Å². The van der Waals surface area contributed by atoms with Gasteiger partial charge in [0.15, 0.2) is 0 Å². The minimum absolute atomic E-state index is 0.0257. The van der Waals surface area contributed by atoms with E-state index < -0.39 is 0 Å². The van der Waals surface area contributed by atoms with Gasteiger partial charge in [0.05, 0.1) is 6.04 Å². The van der Waals surface area contributed by atoms with Crippen molar-refractivity contribution in [3.8, 4) is 0 Å². The van der Waals surface area contributed by atoms with E-state index in [4.69, 9.17) is 11.6 Å². The van der Waals surface area contributed by atoms with Crippen LogP contribution in [-0.4, -0.2) is 60.5 Å². The van der Waals surface area contributed by atoms with Crippen LogP contribution in [0.25, 0.3) is 0 Å². The van der Waals surface area contributed by atoms with Gasteiger partial charge >= 0.3 is 0 Å². The Kier molecular flexibility index (Phi) is 9.71. The number of amides is 2. The molecule has 1 aromatic rings. The second-order valence-electron chi connectivity index (χ2n) is 11.5. The number of hydrogen-bond acceptors (Lipinski definition) is 4. The van der Waals surface area contributed by atoms with E-state index in [1.54, 1.807) is 0 Å². The minimum Gasteiger partial charge on any atom is -0.350 e. The summed E-state index contributed by atoms with van der Waals surface area (Å²) in [5, 5.41) is 11.3. The van der Waals surface area contributed by atoms with E-state index in [9.17, 15) is 9.59 Å². The van der Waals surface area contributed by atoms with Crippen molar-refractivity contribution in [2.45, 2.75) is 95.7 Å². The second-order valence-corrected chi connectivity index (χ2v) is 12.0. The molecule has 3 N–H and O–H groups in total. The number of halogens is 1. The van der Waals surface area contributed by atoms with E-state index in [2.05, 4.69) is 16.0 Å². The summed E-state index contributed by atoms with van der Waals surface area (Å²) in [6.45, 7) is 7.19. The lowest BCUT2D eigenvalue weighted by Crippen LogP contribution is -2.62. The fraction of sp³-hybridized carbons (Fsp3) is 0.724. The molecule has 200 valence electrons. The first-order valence-corrected chi connectivity index (χ1v) is 14.6. The summed E-state index contributed by atoms with van der Waals surface area (Å²) in [5.41, 5.74) is 0.938. The van der Waals surface area contributed by atoms with Gasteiger partial charge in [-0.15, -0.1) is 0 Å². The van der Waals surface area contributed by atoms with Crippen molar-refractivity contribution in [3.05, 3.63) is 34.9 Å². The van der Waals surface area contributed by atoms with Crippen molar-refractivity contribution in [2.24, 2.45) is 11.8 Å². The molecule has 3 fully saturated rings. The highest BCUT2D eigenvalue weighted by Gasteiger charge is 2.44. The van der Waals surface area contributed by atoms with Gasteiger partial charge in [-0.1, -0.05) is 56.8 Å². The molecule has 1 aromatic carbocycles. The number of nitrogens with one attached hydrogen (secondary N) is 3. The van der Waals surface area contributed by atoms with Crippen molar-refractivity contribution < 1.29 is 9.59 Å². The Labute approximate surface area is 222 Å². The molecule has 0 bridgehead atoms. The predicted octanol–water partition coefficient (Wildman–Crippen LogP) is 4.31. The van der Waals surface area contributed by atoms with Gasteiger partial charge in [-0.05, 0) is 75.1 Å². The van der Waals surface area contributed by atoms with Crippen LogP contribution < -0.4 is 16.0 Å². The Morgan fingerprint density at radius 2 is 1.75 bits per heavy atom. The highest BCUT2D eigenvalue weighted by molar-refractivity contribution is 6.30. The Morgan fingerprint density at radius 1 is 1.06 bits per heavy atom. The third kappa shape index (κ3) is 7.02. The molecule has 0 aromatic heterocycles. The van der Waals surface area contributed by atoms with Crippen LogP contribution in [-0.2, 0) is 16.0 Å². The number of carbonyl (C=O) groups excluding carboxylic acids is 2. The summed E-state index contributed by atoms with van der Waals surface area (Å²) in [6.07, 6.45) is 10.8. The maximum absolute atomic E-state index is 13.8. The van der Waals surface area contributed by atoms with E-state index in [0.29, 0.717) is 36.5 Å². The molecule has 2 saturated heterocycles. The fourth-order valence-corrected chi connectivity index (χ4v) is 6.47. The van der Waals surface area contributed by atoms with E-state index in [1.165, 1.54) is 38.5 Å². The zero-order valence-corrected chi connectivity index (χ0v) is 22.9. The van der Waals surface area contributed by atoms with Crippen LogP contribution in [0.5, 0.6) is 0 Å². The molecule has 2 aliphatic heterocycles. The molecule has 1 saturated carbocycles. The van der Waals surface area contributed by atoms with Crippen LogP contribution in [0.4, 0.5) is 0 Å². The van der Waals surface area contributed by atoms with Crippen LogP contribution in [0, 0.1) is 11.8 Å². The normalized spacial score (nSPS) is 23.6. The van der Waals surface area contributed by atoms with E-state index in [0.717, 1.165) is 37.9 Å². The Bertz CT molecular complexity index is 855. The zero-order chi connectivity index (χ0) is 25.5. The van der Waals surface area contributed by atoms with E-state index in [-0.39, 0.29) is 29.3 Å². The van der Waals surface area contributed by atoms with Gasteiger partial charge in [0.2, 0.25) is 11.8 Å². The van der Waals surface area contributed by atoms with E-state index >= 15 is 0 Å². The third-order valence-corrected chi connectivity index (χ3v) is 8.93. The molecule has 2 heterocycles. The molecular formula is C29H45ClN4O2. The fourth-order valence-electron chi connectivity index (χ4n) is 6.35. The topological polar surface area (TPSA) is 73.5 Å². The number of hydrogen-bond donors (Lipinski definition) is 3. The van der Waals surface area contributed by atoms with Crippen molar-refractivity contribution in [1.82, 2.24) is 20.9 Å². The number of piperidine rings is 1. The maximum Gasteiger partial charge on any atom is 0.240 e. The van der Waals surface area contributed by atoms with Crippen LogP contribution in [0.15, 0.2) is 24.3 Å². The van der Waals surface area contributed by atoms with Gasteiger partial charge in [0.25, 0.3) is 0 Å². The van der Waals surface area contributed by atoms with Crippen molar-refractivity contribution in [1.29, 1.82) is 0 Å². The van der Waals surface area contributed by atoms with E-state index in [1.807, 2.05) is 43.0 Å². The predicted molar refractivity (Wildman–Crippen MR) is 146 cm³/mol. The molecule has 2 atom stereocenters.